The van der Waals surface area contributed by atoms with Crippen LogP contribution >= 0.6 is 0 Å². The third kappa shape index (κ3) is 6.03. The van der Waals surface area contributed by atoms with Crippen LogP contribution in [0.15, 0.2) is 30.3 Å². The molecule has 2 aliphatic heterocycles. The highest BCUT2D eigenvalue weighted by molar-refractivity contribution is 7.91. The lowest BCUT2D eigenvalue weighted by atomic mass is 10.0. The lowest BCUT2D eigenvalue weighted by Crippen LogP contribution is -2.48. The van der Waals surface area contributed by atoms with Crippen molar-refractivity contribution in [1.29, 1.82) is 0 Å². The third-order valence-electron chi connectivity index (χ3n) is 5.75. The molecule has 0 aromatic heterocycles. The predicted molar refractivity (Wildman–Crippen MR) is 112 cm³/mol. The van der Waals surface area contributed by atoms with Crippen molar-refractivity contribution in [3.8, 4) is 0 Å². The summed E-state index contributed by atoms with van der Waals surface area (Å²) in [6.07, 6.45) is 3.87. The Morgan fingerprint density at radius 3 is 2.32 bits per heavy atom. The maximum Gasteiger partial charge on any atom is 0.241 e. The zero-order valence-corrected chi connectivity index (χ0v) is 17.7. The van der Waals surface area contributed by atoms with Crippen LogP contribution in [0.4, 0.5) is 0 Å². The smallest absolute Gasteiger partial charge is 0.241 e. The van der Waals surface area contributed by atoms with Gasteiger partial charge in [-0.25, -0.2) is 8.42 Å². The molecule has 2 aliphatic rings. The average molecular weight is 408 g/mol. The fraction of sp³-hybridized carbons (Fsp3) is 0.667. The maximum atomic E-state index is 13.1. The highest BCUT2D eigenvalue weighted by atomic mass is 32.2. The molecule has 1 amide bonds. The lowest BCUT2D eigenvalue weighted by molar-refractivity contribution is -0.126. The number of likely N-dealkylation sites (tertiary alicyclic amines) is 1. The van der Waals surface area contributed by atoms with Gasteiger partial charge in [0.05, 0.1) is 11.5 Å². The van der Waals surface area contributed by atoms with Crippen LogP contribution in [0.1, 0.15) is 37.8 Å². The summed E-state index contributed by atoms with van der Waals surface area (Å²) >= 11 is 0. The monoisotopic (exact) mass is 407 g/mol. The van der Waals surface area contributed by atoms with Crippen LogP contribution in [0.2, 0.25) is 0 Å². The molecule has 2 heterocycles. The number of rotatable bonds is 7. The molecule has 7 heteroatoms. The van der Waals surface area contributed by atoms with Crippen molar-refractivity contribution < 1.29 is 13.2 Å². The first-order valence-electron chi connectivity index (χ1n) is 10.4. The Bertz CT molecular complexity index is 719. The van der Waals surface area contributed by atoms with E-state index >= 15 is 0 Å². The predicted octanol–water partition coefficient (Wildman–Crippen LogP) is 1.70. The molecule has 2 unspecified atom stereocenters. The summed E-state index contributed by atoms with van der Waals surface area (Å²) < 4.78 is 23.6. The minimum Gasteiger partial charge on any atom is -0.354 e. The van der Waals surface area contributed by atoms with Gasteiger partial charge in [-0.3, -0.25) is 9.69 Å². The van der Waals surface area contributed by atoms with Crippen LogP contribution < -0.4 is 5.32 Å². The zero-order chi connectivity index (χ0) is 20.0. The number of hydrogen-bond acceptors (Lipinski definition) is 5. The van der Waals surface area contributed by atoms with Crippen molar-refractivity contribution in [1.82, 2.24) is 15.1 Å². The molecule has 156 valence electrons. The van der Waals surface area contributed by atoms with Gasteiger partial charge in [-0.2, -0.15) is 0 Å². The van der Waals surface area contributed by atoms with Gasteiger partial charge in [-0.05, 0) is 37.4 Å². The molecule has 2 atom stereocenters. The number of piperidine rings is 1. The number of benzene rings is 1. The Balaban J connectivity index is 1.60. The van der Waals surface area contributed by atoms with Crippen LogP contribution in [-0.2, 0) is 14.6 Å². The Morgan fingerprint density at radius 1 is 1.04 bits per heavy atom. The van der Waals surface area contributed by atoms with Crippen molar-refractivity contribution in [2.24, 2.45) is 5.92 Å². The molecule has 6 nitrogen and oxygen atoms in total. The minimum atomic E-state index is -2.98. The van der Waals surface area contributed by atoms with E-state index < -0.39 is 15.9 Å². The maximum absolute atomic E-state index is 13.1. The number of hydrogen-bond donors (Lipinski definition) is 1. The standard InChI is InChI=1S/C21H33N3O3S/c1-18(17-23-10-6-3-7-11-23)16-22-21(25)20(19-8-4-2-5-9-19)24-12-14-28(26,27)15-13-24/h2,4-5,8-9,18,20H,3,6-7,10-17H2,1H3,(H,22,25). The fourth-order valence-corrected chi connectivity index (χ4v) is 5.40. The molecule has 0 aliphatic carbocycles. The van der Waals surface area contributed by atoms with Crippen LogP contribution in [0.5, 0.6) is 0 Å². The van der Waals surface area contributed by atoms with E-state index in [9.17, 15) is 13.2 Å². The molecule has 1 aromatic carbocycles. The van der Waals surface area contributed by atoms with Gasteiger partial charge in [-0.1, -0.05) is 43.7 Å². The number of nitrogens with one attached hydrogen (secondary N) is 1. The van der Waals surface area contributed by atoms with E-state index in [0.717, 1.165) is 25.2 Å². The third-order valence-corrected chi connectivity index (χ3v) is 7.36. The van der Waals surface area contributed by atoms with Crippen molar-refractivity contribution in [3.63, 3.8) is 0 Å². The van der Waals surface area contributed by atoms with E-state index in [1.807, 2.05) is 35.2 Å². The van der Waals surface area contributed by atoms with Crippen molar-refractivity contribution in [2.75, 3.05) is 50.8 Å². The van der Waals surface area contributed by atoms with Crippen LogP contribution in [0, 0.1) is 5.92 Å². The molecule has 1 aromatic rings. The largest absolute Gasteiger partial charge is 0.354 e. The number of carbonyl (C=O) groups is 1. The Kier molecular flexibility index (Phi) is 7.48. The summed E-state index contributed by atoms with van der Waals surface area (Å²) in [5, 5.41) is 3.13. The van der Waals surface area contributed by atoms with Gasteiger partial charge in [0.2, 0.25) is 5.91 Å². The highest BCUT2D eigenvalue weighted by Crippen LogP contribution is 2.23. The highest BCUT2D eigenvalue weighted by Gasteiger charge is 2.32. The molecule has 1 N–H and O–H groups in total. The minimum absolute atomic E-state index is 0.0315. The molecule has 28 heavy (non-hydrogen) atoms. The Hall–Kier alpha value is -1.44. The van der Waals surface area contributed by atoms with Gasteiger partial charge in [0, 0.05) is 26.2 Å². The number of nitrogens with zero attached hydrogens (tertiary/aromatic N) is 2. The first kappa shape index (κ1) is 21.3. The van der Waals surface area contributed by atoms with E-state index in [1.165, 1.54) is 19.3 Å². The Labute approximate surface area is 169 Å². The summed E-state index contributed by atoms with van der Waals surface area (Å²) in [7, 11) is -2.98. The molecule has 3 rings (SSSR count). The van der Waals surface area contributed by atoms with Crippen molar-refractivity contribution in [3.05, 3.63) is 35.9 Å². The van der Waals surface area contributed by atoms with E-state index in [0.29, 0.717) is 25.6 Å². The first-order chi connectivity index (χ1) is 13.4. The van der Waals surface area contributed by atoms with Crippen molar-refractivity contribution in [2.45, 2.75) is 32.2 Å². The number of sulfone groups is 1. The van der Waals surface area contributed by atoms with Gasteiger partial charge in [0.1, 0.15) is 6.04 Å². The summed E-state index contributed by atoms with van der Waals surface area (Å²) in [6.45, 7) is 6.96. The van der Waals surface area contributed by atoms with Gasteiger partial charge in [0.15, 0.2) is 9.84 Å². The zero-order valence-electron chi connectivity index (χ0n) is 16.8. The number of amides is 1. The van der Waals surface area contributed by atoms with E-state index in [-0.39, 0.29) is 17.4 Å². The average Bonchev–Trinajstić information content (AvgIpc) is 2.69. The molecular formula is C21H33N3O3S. The molecule has 0 radical (unpaired) electrons. The second-order valence-electron chi connectivity index (χ2n) is 8.21. The second-order valence-corrected chi connectivity index (χ2v) is 10.5. The normalized spacial score (nSPS) is 23.0. The van der Waals surface area contributed by atoms with Gasteiger partial charge < -0.3 is 10.2 Å². The summed E-state index contributed by atoms with van der Waals surface area (Å²) in [4.78, 5) is 17.6. The summed E-state index contributed by atoms with van der Waals surface area (Å²) in [6, 6.07) is 9.25. The Morgan fingerprint density at radius 2 is 1.68 bits per heavy atom. The lowest BCUT2D eigenvalue weighted by Gasteiger charge is -2.34. The molecule has 0 spiro atoms. The fourth-order valence-electron chi connectivity index (χ4n) is 4.17. The van der Waals surface area contributed by atoms with Gasteiger partial charge in [0.25, 0.3) is 0 Å². The van der Waals surface area contributed by atoms with Crippen molar-refractivity contribution >= 4 is 15.7 Å². The van der Waals surface area contributed by atoms with E-state index in [2.05, 4.69) is 17.1 Å². The topological polar surface area (TPSA) is 69.7 Å². The van der Waals surface area contributed by atoms with Gasteiger partial charge in [-0.15, -0.1) is 0 Å². The quantitative estimate of drug-likeness (QED) is 0.745. The molecule has 0 saturated carbocycles. The summed E-state index contributed by atoms with van der Waals surface area (Å²) in [5.74, 6) is 0.598. The first-order valence-corrected chi connectivity index (χ1v) is 12.3. The molecule has 0 bridgehead atoms. The summed E-state index contributed by atoms with van der Waals surface area (Å²) in [5.41, 5.74) is 0.919. The van der Waals surface area contributed by atoms with E-state index in [1.54, 1.807) is 0 Å². The molecular weight excluding hydrogens is 374 g/mol. The number of carbonyl (C=O) groups excluding carboxylic acids is 1. The SMILES string of the molecule is CC(CNC(=O)C(c1ccccc1)N1CCS(=O)(=O)CC1)CN1CCCCC1. The molecule has 2 saturated heterocycles. The van der Waals surface area contributed by atoms with E-state index in [4.69, 9.17) is 0 Å². The van der Waals surface area contributed by atoms with Crippen LogP contribution in [0.3, 0.4) is 0 Å². The second kappa shape index (κ2) is 9.85. The van der Waals surface area contributed by atoms with Crippen LogP contribution in [0.25, 0.3) is 0 Å². The van der Waals surface area contributed by atoms with Gasteiger partial charge >= 0.3 is 0 Å². The van der Waals surface area contributed by atoms with Crippen LogP contribution in [-0.4, -0.2) is 74.9 Å². The molecule has 2 fully saturated rings.